The van der Waals surface area contributed by atoms with E-state index in [0.29, 0.717) is 40.4 Å². The number of carbonyl (C=O) groups excluding carboxylic acids is 1. The topological polar surface area (TPSA) is 108 Å². The van der Waals surface area contributed by atoms with Gasteiger partial charge in [0, 0.05) is 17.5 Å². The van der Waals surface area contributed by atoms with Gasteiger partial charge in [0.25, 0.3) is 5.56 Å². The van der Waals surface area contributed by atoms with Gasteiger partial charge in [-0.3, -0.25) is 14.2 Å². The van der Waals surface area contributed by atoms with E-state index in [1.807, 2.05) is 32.0 Å². The standard InChI is InChI=1S/C26H25FN6O3/c1-4-5-21-30-23(36-31-21)13-32-14-28-24-18-10-15(2)6-9-20(18)33(25(24)26(32)35)12-22(34)29-17-8-7-16(3)19(27)11-17/h6-11,14H,4-5,12-13H2,1-3H3,(H,29,34). The Labute approximate surface area is 205 Å². The van der Waals surface area contributed by atoms with E-state index >= 15 is 0 Å². The Morgan fingerprint density at radius 1 is 1.17 bits per heavy atom. The summed E-state index contributed by atoms with van der Waals surface area (Å²) in [6.45, 7) is 5.53. The average molecular weight is 489 g/mol. The van der Waals surface area contributed by atoms with Crippen molar-refractivity contribution in [2.45, 2.75) is 46.7 Å². The van der Waals surface area contributed by atoms with Gasteiger partial charge in [0.2, 0.25) is 11.8 Å². The number of hydrogen-bond donors (Lipinski definition) is 1. The molecule has 5 rings (SSSR count). The van der Waals surface area contributed by atoms with Crippen molar-refractivity contribution < 1.29 is 13.7 Å². The van der Waals surface area contributed by atoms with Gasteiger partial charge in [-0.05, 0) is 50.1 Å². The second-order valence-corrected chi connectivity index (χ2v) is 8.85. The number of benzene rings is 2. The molecule has 0 bridgehead atoms. The fourth-order valence-corrected chi connectivity index (χ4v) is 4.23. The van der Waals surface area contributed by atoms with Crippen molar-refractivity contribution in [2.75, 3.05) is 5.32 Å². The fraction of sp³-hybridized carbons (Fsp3) is 0.269. The molecule has 2 aromatic carbocycles. The molecule has 0 aliphatic carbocycles. The second kappa shape index (κ2) is 9.37. The number of rotatable bonds is 7. The molecule has 0 saturated heterocycles. The minimum atomic E-state index is -0.407. The molecule has 0 saturated carbocycles. The van der Waals surface area contributed by atoms with Crippen LogP contribution in [0.25, 0.3) is 21.9 Å². The van der Waals surface area contributed by atoms with Crippen LogP contribution < -0.4 is 10.9 Å². The summed E-state index contributed by atoms with van der Waals surface area (Å²) in [4.78, 5) is 35.4. The largest absolute Gasteiger partial charge is 0.337 e. The van der Waals surface area contributed by atoms with Gasteiger partial charge < -0.3 is 14.4 Å². The van der Waals surface area contributed by atoms with Crippen LogP contribution >= 0.6 is 0 Å². The predicted molar refractivity (Wildman–Crippen MR) is 133 cm³/mol. The minimum Gasteiger partial charge on any atom is -0.337 e. The SMILES string of the molecule is CCCc1noc(Cn2cnc3c4cc(C)ccc4n(CC(=O)Nc4ccc(C)c(F)c4)c3c2=O)n1. The van der Waals surface area contributed by atoms with E-state index in [0.717, 1.165) is 17.4 Å². The zero-order valence-corrected chi connectivity index (χ0v) is 20.2. The van der Waals surface area contributed by atoms with Gasteiger partial charge in [0.05, 0.1) is 11.8 Å². The van der Waals surface area contributed by atoms with Crippen molar-refractivity contribution in [3.63, 3.8) is 0 Å². The van der Waals surface area contributed by atoms with E-state index in [4.69, 9.17) is 4.52 Å². The van der Waals surface area contributed by atoms with Crippen LogP contribution in [-0.2, 0) is 24.3 Å². The number of nitrogens with zero attached hydrogens (tertiary/aromatic N) is 5. The molecule has 5 aromatic rings. The number of aromatic nitrogens is 5. The van der Waals surface area contributed by atoms with Crippen molar-refractivity contribution in [3.05, 3.63) is 81.7 Å². The summed E-state index contributed by atoms with van der Waals surface area (Å²) in [5.41, 5.74) is 2.99. The quantitative estimate of drug-likeness (QED) is 0.369. The smallest absolute Gasteiger partial charge is 0.278 e. The van der Waals surface area contributed by atoms with Gasteiger partial charge in [-0.25, -0.2) is 9.37 Å². The van der Waals surface area contributed by atoms with E-state index in [1.165, 1.54) is 17.0 Å². The molecule has 0 radical (unpaired) electrons. The van der Waals surface area contributed by atoms with E-state index in [-0.39, 0.29) is 24.2 Å². The van der Waals surface area contributed by atoms with Crippen LogP contribution in [0.5, 0.6) is 0 Å². The Morgan fingerprint density at radius 3 is 2.78 bits per heavy atom. The Kier molecular flexibility index (Phi) is 6.09. The van der Waals surface area contributed by atoms with Gasteiger partial charge in [-0.15, -0.1) is 0 Å². The number of anilines is 1. The van der Waals surface area contributed by atoms with Gasteiger partial charge in [-0.1, -0.05) is 29.8 Å². The van der Waals surface area contributed by atoms with Crippen LogP contribution in [0.1, 0.15) is 36.2 Å². The Balaban J connectivity index is 1.55. The van der Waals surface area contributed by atoms with E-state index in [2.05, 4.69) is 20.4 Å². The van der Waals surface area contributed by atoms with E-state index in [9.17, 15) is 14.0 Å². The van der Waals surface area contributed by atoms with Crippen molar-refractivity contribution in [2.24, 2.45) is 0 Å². The van der Waals surface area contributed by atoms with Crippen LogP contribution in [-0.4, -0.2) is 30.2 Å². The number of fused-ring (bicyclic) bond motifs is 3. The monoisotopic (exact) mass is 488 g/mol. The maximum absolute atomic E-state index is 14.0. The molecule has 1 N–H and O–H groups in total. The molecule has 0 fully saturated rings. The molecular formula is C26H25FN6O3. The number of aryl methyl sites for hydroxylation is 3. The molecule has 0 aliphatic rings. The molecular weight excluding hydrogens is 463 g/mol. The number of amides is 1. The number of nitrogens with one attached hydrogen (secondary N) is 1. The van der Waals surface area contributed by atoms with Crippen molar-refractivity contribution in [1.29, 1.82) is 0 Å². The minimum absolute atomic E-state index is 0.0634. The van der Waals surface area contributed by atoms with Gasteiger partial charge in [0.15, 0.2) is 5.82 Å². The van der Waals surface area contributed by atoms with Crippen LogP contribution in [0.3, 0.4) is 0 Å². The Bertz CT molecular complexity index is 1670. The molecule has 10 heteroatoms. The normalized spacial score (nSPS) is 11.4. The van der Waals surface area contributed by atoms with Crippen LogP contribution in [0.15, 0.2) is 52.0 Å². The molecule has 3 heterocycles. The lowest BCUT2D eigenvalue weighted by Crippen LogP contribution is -2.25. The van der Waals surface area contributed by atoms with Crippen molar-refractivity contribution in [3.8, 4) is 0 Å². The van der Waals surface area contributed by atoms with Crippen molar-refractivity contribution >= 4 is 33.5 Å². The maximum Gasteiger partial charge on any atom is 0.278 e. The first kappa shape index (κ1) is 23.4. The molecule has 0 unspecified atom stereocenters. The number of hydrogen-bond acceptors (Lipinski definition) is 6. The van der Waals surface area contributed by atoms with E-state index in [1.54, 1.807) is 23.6 Å². The maximum atomic E-state index is 14.0. The lowest BCUT2D eigenvalue weighted by molar-refractivity contribution is -0.116. The van der Waals surface area contributed by atoms with Gasteiger partial charge >= 0.3 is 0 Å². The van der Waals surface area contributed by atoms with Crippen molar-refractivity contribution in [1.82, 2.24) is 24.3 Å². The number of halogens is 1. The summed E-state index contributed by atoms with van der Waals surface area (Å²) in [7, 11) is 0. The summed E-state index contributed by atoms with van der Waals surface area (Å²) in [6, 6.07) is 10.2. The summed E-state index contributed by atoms with van der Waals surface area (Å²) in [5, 5.41) is 7.43. The average Bonchev–Trinajstić information content (AvgIpc) is 3.40. The highest BCUT2D eigenvalue weighted by molar-refractivity contribution is 6.06. The molecule has 0 atom stereocenters. The summed E-state index contributed by atoms with van der Waals surface area (Å²) < 4.78 is 22.3. The summed E-state index contributed by atoms with van der Waals surface area (Å²) in [5.74, 6) is 0.0895. The molecule has 3 aromatic heterocycles. The molecule has 1 amide bonds. The Morgan fingerprint density at radius 2 is 2.00 bits per heavy atom. The molecule has 36 heavy (non-hydrogen) atoms. The Hall–Kier alpha value is -4.34. The lowest BCUT2D eigenvalue weighted by Gasteiger charge is -2.10. The third-order valence-corrected chi connectivity index (χ3v) is 6.03. The first-order chi connectivity index (χ1) is 17.3. The molecule has 184 valence electrons. The molecule has 0 aliphatic heterocycles. The zero-order valence-electron chi connectivity index (χ0n) is 20.2. The first-order valence-electron chi connectivity index (χ1n) is 11.7. The van der Waals surface area contributed by atoms with Gasteiger partial charge in [0.1, 0.15) is 29.9 Å². The van der Waals surface area contributed by atoms with E-state index < -0.39 is 11.7 Å². The predicted octanol–water partition coefficient (Wildman–Crippen LogP) is 4.13. The lowest BCUT2D eigenvalue weighted by atomic mass is 10.1. The fourth-order valence-electron chi connectivity index (χ4n) is 4.23. The summed E-state index contributed by atoms with van der Waals surface area (Å²) >= 11 is 0. The third-order valence-electron chi connectivity index (χ3n) is 6.03. The highest BCUT2D eigenvalue weighted by Gasteiger charge is 2.20. The zero-order chi connectivity index (χ0) is 25.4. The second-order valence-electron chi connectivity index (χ2n) is 8.85. The highest BCUT2D eigenvalue weighted by atomic mass is 19.1. The number of carbonyl (C=O) groups is 1. The third kappa shape index (κ3) is 4.37. The summed E-state index contributed by atoms with van der Waals surface area (Å²) in [6.07, 6.45) is 3.02. The van der Waals surface area contributed by atoms with Crippen LogP contribution in [0, 0.1) is 19.7 Å². The van der Waals surface area contributed by atoms with Gasteiger partial charge in [-0.2, -0.15) is 4.98 Å². The van der Waals surface area contributed by atoms with Crippen LogP contribution in [0.4, 0.5) is 10.1 Å². The molecule has 9 nitrogen and oxygen atoms in total. The molecule has 0 spiro atoms. The first-order valence-corrected chi connectivity index (χ1v) is 11.7. The van der Waals surface area contributed by atoms with Crippen LogP contribution in [0.2, 0.25) is 0 Å². The highest BCUT2D eigenvalue weighted by Crippen LogP contribution is 2.27.